The Kier molecular flexibility index (Phi) is 3.75. The first kappa shape index (κ1) is 10.8. The molecule has 0 unspecified atom stereocenters. The molecule has 0 heterocycles. The maximum atomic E-state index is 9.97. The lowest BCUT2D eigenvalue weighted by Crippen LogP contribution is -1.94. The van der Waals surface area contributed by atoms with E-state index in [9.17, 15) is 5.11 Å². The number of phenols is 1. The van der Waals surface area contributed by atoms with Crippen molar-refractivity contribution in [3.05, 3.63) is 42.0 Å². The second-order valence-electron chi connectivity index (χ2n) is 3.66. The minimum absolute atomic E-state index is 0.416. The van der Waals surface area contributed by atoms with Crippen LogP contribution in [0.4, 0.5) is 0 Å². The van der Waals surface area contributed by atoms with Gasteiger partial charge in [-0.15, -0.1) is 6.58 Å². The second-order valence-corrected chi connectivity index (χ2v) is 3.66. The molecule has 1 N–H and O–H groups in total. The number of hydrogen-bond donors (Lipinski definition) is 1. The highest BCUT2D eigenvalue weighted by Gasteiger charge is 2.10. The lowest BCUT2D eigenvalue weighted by Gasteiger charge is -2.13. The number of phenolic OH excluding ortho intramolecular Hbond substituents is 1. The Balaban J connectivity index is 3.06. The fourth-order valence-corrected chi connectivity index (χ4v) is 1.55. The fraction of sp³-hybridized carbons (Fsp3) is 0.385. The van der Waals surface area contributed by atoms with Gasteiger partial charge in [0.2, 0.25) is 0 Å². The fourth-order valence-electron chi connectivity index (χ4n) is 1.55. The van der Waals surface area contributed by atoms with Crippen LogP contribution in [0.1, 0.15) is 37.3 Å². The van der Waals surface area contributed by atoms with Gasteiger partial charge >= 0.3 is 0 Å². The average molecular weight is 190 g/mol. The maximum absolute atomic E-state index is 9.97. The summed E-state index contributed by atoms with van der Waals surface area (Å²) in [6, 6.07) is 5.94. The third-order valence-corrected chi connectivity index (χ3v) is 2.66. The Labute approximate surface area is 86.1 Å². The van der Waals surface area contributed by atoms with E-state index in [-0.39, 0.29) is 0 Å². The van der Waals surface area contributed by atoms with Gasteiger partial charge in [-0.3, -0.25) is 0 Å². The third-order valence-electron chi connectivity index (χ3n) is 2.66. The summed E-state index contributed by atoms with van der Waals surface area (Å²) in [5.41, 5.74) is 2.02. The molecule has 0 fully saturated rings. The third kappa shape index (κ3) is 2.16. The summed E-state index contributed by atoms with van der Waals surface area (Å²) in [6.45, 7) is 7.94. The summed E-state index contributed by atoms with van der Waals surface area (Å²) in [7, 11) is 0. The molecule has 1 nitrogen and oxygen atoms in total. The summed E-state index contributed by atoms with van der Waals surface area (Å²) in [6.07, 6.45) is 3.59. The van der Waals surface area contributed by atoms with Crippen LogP contribution in [0.3, 0.4) is 0 Å². The van der Waals surface area contributed by atoms with Crippen molar-refractivity contribution in [3.8, 4) is 5.75 Å². The number of aromatic hydroxyl groups is 1. The summed E-state index contributed by atoms with van der Waals surface area (Å²) in [5, 5.41) is 9.97. The van der Waals surface area contributed by atoms with Gasteiger partial charge in [0.1, 0.15) is 5.75 Å². The lowest BCUT2D eigenvalue weighted by molar-refractivity contribution is 0.456. The van der Waals surface area contributed by atoms with Crippen molar-refractivity contribution in [2.75, 3.05) is 0 Å². The number of benzene rings is 1. The average Bonchev–Trinajstić information content (AvgIpc) is 2.20. The highest BCUT2D eigenvalue weighted by molar-refractivity contribution is 5.42. The van der Waals surface area contributed by atoms with E-state index in [2.05, 4.69) is 20.4 Å². The summed E-state index contributed by atoms with van der Waals surface area (Å²) in [4.78, 5) is 0. The van der Waals surface area contributed by atoms with Crippen molar-refractivity contribution in [1.29, 1.82) is 0 Å². The summed E-state index contributed by atoms with van der Waals surface area (Å²) in [5.74, 6) is 0.863. The van der Waals surface area contributed by atoms with Crippen LogP contribution in [0, 0.1) is 0 Å². The lowest BCUT2D eigenvalue weighted by atomic mass is 9.95. The van der Waals surface area contributed by atoms with E-state index in [0.29, 0.717) is 11.7 Å². The molecule has 14 heavy (non-hydrogen) atoms. The van der Waals surface area contributed by atoms with Crippen LogP contribution >= 0.6 is 0 Å². The molecule has 0 saturated heterocycles. The zero-order valence-corrected chi connectivity index (χ0v) is 8.96. The Morgan fingerprint density at radius 1 is 1.50 bits per heavy atom. The molecule has 1 rings (SSSR count). The van der Waals surface area contributed by atoms with E-state index in [0.717, 1.165) is 24.0 Å². The zero-order valence-electron chi connectivity index (χ0n) is 8.96. The standard InChI is InChI=1S/C13H18O/c1-4-7-11-8-6-9-12(13(11)14)10(3)5-2/h4,6,8-10,14H,1,5,7H2,2-3H3/t10-/m1/s1. The molecule has 0 aromatic heterocycles. The van der Waals surface area contributed by atoms with E-state index in [1.54, 1.807) is 0 Å². The number of allylic oxidation sites excluding steroid dienone is 1. The van der Waals surface area contributed by atoms with Crippen molar-refractivity contribution in [2.24, 2.45) is 0 Å². The normalized spacial score (nSPS) is 12.4. The van der Waals surface area contributed by atoms with E-state index >= 15 is 0 Å². The van der Waals surface area contributed by atoms with Gasteiger partial charge in [0, 0.05) is 0 Å². The molecule has 1 aromatic carbocycles. The Hall–Kier alpha value is -1.24. The molecule has 0 spiro atoms. The Bertz CT molecular complexity index is 315. The highest BCUT2D eigenvalue weighted by atomic mass is 16.3. The zero-order chi connectivity index (χ0) is 10.6. The maximum Gasteiger partial charge on any atom is 0.122 e. The number of hydrogen-bond acceptors (Lipinski definition) is 1. The molecule has 0 saturated carbocycles. The monoisotopic (exact) mass is 190 g/mol. The molecular weight excluding hydrogens is 172 g/mol. The molecule has 0 aliphatic carbocycles. The van der Waals surface area contributed by atoms with Crippen molar-refractivity contribution in [3.63, 3.8) is 0 Å². The molecule has 1 aromatic rings. The number of rotatable bonds is 4. The quantitative estimate of drug-likeness (QED) is 0.719. The van der Waals surface area contributed by atoms with Gasteiger partial charge in [0.05, 0.1) is 0 Å². The van der Waals surface area contributed by atoms with Gasteiger partial charge in [-0.2, -0.15) is 0 Å². The molecule has 1 atom stereocenters. The number of para-hydroxylation sites is 1. The molecule has 0 amide bonds. The summed E-state index contributed by atoms with van der Waals surface area (Å²) < 4.78 is 0. The summed E-state index contributed by atoms with van der Waals surface area (Å²) >= 11 is 0. The van der Waals surface area contributed by atoms with Crippen molar-refractivity contribution in [1.82, 2.24) is 0 Å². The first-order chi connectivity index (χ1) is 6.70. The second kappa shape index (κ2) is 4.85. The van der Waals surface area contributed by atoms with Gasteiger partial charge in [-0.1, -0.05) is 38.1 Å². The molecule has 76 valence electrons. The Morgan fingerprint density at radius 2 is 2.21 bits per heavy atom. The molecule has 1 heteroatoms. The topological polar surface area (TPSA) is 20.2 Å². The highest BCUT2D eigenvalue weighted by Crippen LogP contribution is 2.30. The SMILES string of the molecule is C=CCc1cccc([C@H](C)CC)c1O. The minimum atomic E-state index is 0.416. The van der Waals surface area contributed by atoms with Crippen molar-refractivity contribution in [2.45, 2.75) is 32.6 Å². The molecule has 0 aliphatic rings. The van der Waals surface area contributed by atoms with Crippen molar-refractivity contribution >= 4 is 0 Å². The van der Waals surface area contributed by atoms with Crippen LogP contribution in [0.2, 0.25) is 0 Å². The van der Waals surface area contributed by atoms with Gasteiger partial charge < -0.3 is 5.11 Å². The predicted octanol–water partition coefficient (Wildman–Crippen LogP) is 3.63. The minimum Gasteiger partial charge on any atom is -0.507 e. The van der Waals surface area contributed by atoms with Crippen LogP contribution in [0.15, 0.2) is 30.9 Å². The van der Waals surface area contributed by atoms with Crippen LogP contribution < -0.4 is 0 Å². The van der Waals surface area contributed by atoms with Crippen LogP contribution in [-0.4, -0.2) is 5.11 Å². The Morgan fingerprint density at radius 3 is 2.79 bits per heavy atom. The predicted molar refractivity (Wildman–Crippen MR) is 60.7 cm³/mol. The van der Waals surface area contributed by atoms with Crippen LogP contribution in [0.5, 0.6) is 5.75 Å². The van der Waals surface area contributed by atoms with Crippen LogP contribution in [-0.2, 0) is 6.42 Å². The van der Waals surface area contributed by atoms with Gasteiger partial charge in [0.25, 0.3) is 0 Å². The van der Waals surface area contributed by atoms with E-state index in [1.165, 1.54) is 0 Å². The molecular formula is C13H18O. The van der Waals surface area contributed by atoms with Crippen molar-refractivity contribution < 1.29 is 5.11 Å². The van der Waals surface area contributed by atoms with E-state index < -0.39 is 0 Å². The van der Waals surface area contributed by atoms with E-state index in [4.69, 9.17) is 0 Å². The van der Waals surface area contributed by atoms with Crippen LogP contribution in [0.25, 0.3) is 0 Å². The molecule has 0 aliphatic heterocycles. The largest absolute Gasteiger partial charge is 0.507 e. The molecule has 0 bridgehead atoms. The van der Waals surface area contributed by atoms with Gasteiger partial charge in [0.15, 0.2) is 0 Å². The van der Waals surface area contributed by atoms with E-state index in [1.807, 2.05) is 24.3 Å². The van der Waals surface area contributed by atoms with Gasteiger partial charge in [-0.25, -0.2) is 0 Å². The first-order valence-corrected chi connectivity index (χ1v) is 5.12. The molecule has 0 radical (unpaired) electrons. The first-order valence-electron chi connectivity index (χ1n) is 5.12. The van der Waals surface area contributed by atoms with Gasteiger partial charge in [-0.05, 0) is 29.9 Å². The smallest absolute Gasteiger partial charge is 0.122 e.